The molecular weight excluding hydrogens is 272 g/mol. The number of hydrogen-bond donors (Lipinski definition) is 3. The number of aromatic amines is 1. The lowest BCUT2D eigenvalue weighted by atomic mass is 10.1. The average molecular weight is 298 g/mol. The molecule has 0 spiro atoms. The van der Waals surface area contributed by atoms with Gasteiger partial charge in [-0.3, -0.25) is 0 Å². The minimum absolute atomic E-state index is 0.505. The molecule has 2 heterocycles. The molecule has 2 aromatic rings. The van der Waals surface area contributed by atoms with Gasteiger partial charge >= 0.3 is 0 Å². The summed E-state index contributed by atoms with van der Waals surface area (Å²) in [4.78, 5) is 5.65. The molecule has 1 aliphatic rings. The van der Waals surface area contributed by atoms with Crippen LogP contribution in [-0.4, -0.2) is 36.1 Å². The molecular formula is C18H26N4. The van der Waals surface area contributed by atoms with Crippen LogP contribution in [-0.2, 0) is 6.54 Å². The van der Waals surface area contributed by atoms with Crippen LogP contribution >= 0.6 is 0 Å². The second-order valence-corrected chi connectivity index (χ2v) is 6.42. The summed E-state index contributed by atoms with van der Waals surface area (Å²) >= 11 is 0. The van der Waals surface area contributed by atoms with E-state index in [9.17, 15) is 0 Å². The van der Waals surface area contributed by atoms with Crippen molar-refractivity contribution in [1.29, 1.82) is 0 Å². The normalized spacial score (nSPS) is 19.3. The summed E-state index contributed by atoms with van der Waals surface area (Å²) in [5.41, 5.74) is 3.80. The molecule has 3 rings (SSSR count). The largest absolute Gasteiger partial charge is 0.368 e. The number of fused-ring (bicyclic) bond motifs is 1. The summed E-state index contributed by atoms with van der Waals surface area (Å²) in [6.45, 7) is 9.38. The molecule has 0 radical (unpaired) electrons. The highest BCUT2D eigenvalue weighted by molar-refractivity contribution is 5.81. The van der Waals surface area contributed by atoms with Crippen LogP contribution in [0.2, 0.25) is 0 Å². The monoisotopic (exact) mass is 298 g/mol. The molecule has 1 aromatic carbocycles. The fourth-order valence-electron chi connectivity index (χ4n) is 3.23. The smallest absolute Gasteiger partial charge is 0.0917 e. The lowest BCUT2D eigenvalue weighted by Gasteiger charge is -2.31. The molecule has 1 fully saturated rings. The van der Waals surface area contributed by atoms with Gasteiger partial charge in [-0.25, -0.2) is 0 Å². The zero-order chi connectivity index (χ0) is 15.5. The van der Waals surface area contributed by atoms with Gasteiger partial charge in [0.25, 0.3) is 0 Å². The van der Waals surface area contributed by atoms with Crippen molar-refractivity contribution in [3.63, 3.8) is 0 Å². The topological polar surface area (TPSA) is 43.1 Å². The van der Waals surface area contributed by atoms with E-state index in [4.69, 9.17) is 0 Å². The van der Waals surface area contributed by atoms with Crippen molar-refractivity contribution in [2.45, 2.75) is 32.4 Å². The SMILES string of the molecule is C=C(NCc1cc2[nH]ccc2cc1C)NC1CCCN(C)C1. The predicted molar refractivity (Wildman–Crippen MR) is 92.7 cm³/mol. The van der Waals surface area contributed by atoms with Crippen molar-refractivity contribution in [3.05, 3.63) is 47.9 Å². The standard InChI is InChI=1S/C18H26N4/c1-13-9-15-6-7-19-18(15)10-16(13)11-20-14(2)21-17-5-4-8-22(3)12-17/h6-7,9-10,17,19-21H,2,4-5,8,11-12H2,1,3H3. The molecule has 4 nitrogen and oxygen atoms in total. The van der Waals surface area contributed by atoms with Crippen LogP contribution in [0.3, 0.4) is 0 Å². The van der Waals surface area contributed by atoms with E-state index < -0.39 is 0 Å². The van der Waals surface area contributed by atoms with E-state index in [1.807, 2.05) is 6.20 Å². The van der Waals surface area contributed by atoms with E-state index in [2.05, 4.69) is 59.3 Å². The van der Waals surface area contributed by atoms with E-state index >= 15 is 0 Å². The second-order valence-electron chi connectivity index (χ2n) is 6.42. The number of likely N-dealkylation sites (tertiary alicyclic amines) is 1. The second kappa shape index (κ2) is 6.44. The summed E-state index contributed by atoms with van der Waals surface area (Å²) < 4.78 is 0. The Bertz CT molecular complexity index is 658. The van der Waals surface area contributed by atoms with Gasteiger partial charge < -0.3 is 20.5 Å². The molecule has 1 atom stereocenters. The van der Waals surface area contributed by atoms with Gasteiger partial charge in [-0.1, -0.05) is 6.58 Å². The Labute approximate surface area is 132 Å². The van der Waals surface area contributed by atoms with Crippen molar-refractivity contribution >= 4 is 10.9 Å². The van der Waals surface area contributed by atoms with E-state index in [1.54, 1.807) is 0 Å². The van der Waals surface area contributed by atoms with Crippen LogP contribution < -0.4 is 10.6 Å². The van der Waals surface area contributed by atoms with E-state index in [0.29, 0.717) is 6.04 Å². The molecule has 0 saturated carbocycles. The van der Waals surface area contributed by atoms with Gasteiger partial charge in [-0.05, 0) is 68.1 Å². The number of likely N-dealkylation sites (N-methyl/N-ethyl adjacent to an activating group) is 1. The summed E-state index contributed by atoms with van der Waals surface area (Å²) in [5, 5.41) is 8.20. The maximum absolute atomic E-state index is 4.12. The minimum Gasteiger partial charge on any atom is -0.368 e. The van der Waals surface area contributed by atoms with Crippen molar-refractivity contribution < 1.29 is 0 Å². The summed E-state index contributed by atoms with van der Waals surface area (Å²) in [6, 6.07) is 7.07. The Morgan fingerprint density at radius 2 is 2.32 bits per heavy atom. The van der Waals surface area contributed by atoms with E-state index in [-0.39, 0.29) is 0 Å². The molecule has 1 aromatic heterocycles. The first-order valence-corrected chi connectivity index (χ1v) is 8.06. The lowest BCUT2D eigenvalue weighted by molar-refractivity contribution is 0.233. The summed E-state index contributed by atoms with van der Waals surface area (Å²) in [5.74, 6) is 0.922. The molecule has 118 valence electrons. The van der Waals surface area contributed by atoms with E-state index in [1.165, 1.54) is 41.4 Å². The highest BCUT2D eigenvalue weighted by Crippen LogP contribution is 2.18. The molecule has 1 unspecified atom stereocenters. The Balaban J connectivity index is 1.56. The molecule has 1 aliphatic heterocycles. The van der Waals surface area contributed by atoms with Crippen molar-refractivity contribution in [2.75, 3.05) is 20.1 Å². The molecule has 0 amide bonds. The third-order valence-electron chi connectivity index (χ3n) is 4.50. The van der Waals surface area contributed by atoms with Gasteiger partial charge in [0.2, 0.25) is 0 Å². The maximum atomic E-state index is 4.12. The van der Waals surface area contributed by atoms with Gasteiger partial charge in [0, 0.05) is 30.8 Å². The zero-order valence-corrected chi connectivity index (χ0v) is 13.6. The number of aryl methyl sites for hydroxylation is 1. The first-order valence-electron chi connectivity index (χ1n) is 8.06. The minimum atomic E-state index is 0.505. The van der Waals surface area contributed by atoms with Gasteiger partial charge in [0.15, 0.2) is 0 Å². The lowest BCUT2D eigenvalue weighted by Crippen LogP contribution is -2.45. The van der Waals surface area contributed by atoms with Gasteiger partial charge in [-0.2, -0.15) is 0 Å². The van der Waals surface area contributed by atoms with Crippen molar-refractivity contribution in [3.8, 4) is 0 Å². The van der Waals surface area contributed by atoms with E-state index in [0.717, 1.165) is 18.9 Å². The predicted octanol–water partition coefficient (Wildman–Crippen LogP) is 2.72. The average Bonchev–Trinajstić information content (AvgIpc) is 2.92. The number of hydrogen-bond acceptors (Lipinski definition) is 3. The number of H-pyrrole nitrogens is 1. The number of piperidine rings is 1. The maximum Gasteiger partial charge on any atom is 0.0917 e. The molecule has 3 N–H and O–H groups in total. The fraction of sp³-hybridized carbons (Fsp3) is 0.444. The molecule has 0 bridgehead atoms. The third kappa shape index (κ3) is 3.45. The number of benzene rings is 1. The van der Waals surface area contributed by atoms with Crippen LogP contribution in [0.1, 0.15) is 24.0 Å². The third-order valence-corrected chi connectivity index (χ3v) is 4.50. The Morgan fingerprint density at radius 3 is 3.14 bits per heavy atom. The number of rotatable bonds is 5. The summed E-state index contributed by atoms with van der Waals surface area (Å²) in [6.07, 6.45) is 4.46. The molecule has 1 saturated heterocycles. The number of nitrogens with zero attached hydrogens (tertiary/aromatic N) is 1. The molecule has 22 heavy (non-hydrogen) atoms. The first-order chi connectivity index (χ1) is 10.6. The Hall–Kier alpha value is -1.94. The quantitative estimate of drug-likeness (QED) is 0.795. The first kappa shape index (κ1) is 15.0. The van der Waals surface area contributed by atoms with Crippen LogP contribution in [0.15, 0.2) is 36.8 Å². The molecule has 0 aliphatic carbocycles. The highest BCUT2D eigenvalue weighted by Gasteiger charge is 2.16. The van der Waals surface area contributed by atoms with Crippen LogP contribution in [0.5, 0.6) is 0 Å². The van der Waals surface area contributed by atoms with Crippen LogP contribution in [0.25, 0.3) is 10.9 Å². The fourth-order valence-corrected chi connectivity index (χ4v) is 3.23. The summed E-state index contributed by atoms with van der Waals surface area (Å²) in [7, 11) is 2.18. The van der Waals surface area contributed by atoms with Gasteiger partial charge in [-0.15, -0.1) is 0 Å². The zero-order valence-electron chi connectivity index (χ0n) is 13.6. The Kier molecular flexibility index (Phi) is 4.39. The van der Waals surface area contributed by atoms with Crippen molar-refractivity contribution in [2.24, 2.45) is 0 Å². The van der Waals surface area contributed by atoms with Crippen molar-refractivity contribution in [1.82, 2.24) is 20.5 Å². The van der Waals surface area contributed by atoms with Crippen LogP contribution in [0.4, 0.5) is 0 Å². The molecule has 4 heteroatoms. The Morgan fingerprint density at radius 1 is 1.45 bits per heavy atom. The number of aromatic nitrogens is 1. The van der Waals surface area contributed by atoms with Crippen LogP contribution in [0, 0.1) is 6.92 Å². The van der Waals surface area contributed by atoms with Gasteiger partial charge in [0.05, 0.1) is 5.82 Å². The number of nitrogens with one attached hydrogen (secondary N) is 3. The highest BCUT2D eigenvalue weighted by atomic mass is 15.2. The van der Waals surface area contributed by atoms with Gasteiger partial charge in [0.1, 0.15) is 0 Å².